The second kappa shape index (κ2) is 4.97. The number of carbonyl (C=O) groups excluding carboxylic acids is 1. The van der Waals surface area contributed by atoms with Crippen molar-refractivity contribution in [2.45, 2.75) is 52.6 Å². The number of amides is 1. The number of piperidine rings is 1. The second-order valence-electron chi connectivity index (χ2n) is 4.57. The van der Waals surface area contributed by atoms with Crippen molar-refractivity contribution in [1.29, 1.82) is 0 Å². The fourth-order valence-corrected chi connectivity index (χ4v) is 2.64. The minimum absolute atomic E-state index is 0.0659. The van der Waals surface area contributed by atoms with E-state index >= 15 is 0 Å². The molecule has 0 radical (unpaired) electrons. The van der Waals surface area contributed by atoms with E-state index in [1.165, 1.54) is 0 Å². The molecule has 0 unspecified atom stereocenters. The predicted molar refractivity (Wildman–Crippen MR) is 60.5 cm³/mol. The molecule has 1 aliphatic heterocycles. The summed E-state index contributed by atoms with van der Waals surface area (Å²) in [5, 5.41) is 9.26. The van der Waals surface area contributed by atoms with Crippen molar-refractivity contribution in [2.75, 3.05) is 13.1 Å². The van der Waals surface area contributed by atoms with E-state index in [2.05, 4.69) is 0 Å². The smallest absolute Gasteiger partial charge is 0.219 e. The molecule has 88 valence electrons. The zero-order chi connectivity index (χ0) is 11.5. The van der Waals surface area contributed by atoms with Gasteiger partial charge in [-0.25, -0.2) is 0 Å². The average molecular weight is 213 g/mol. The summed E-state index contributed by atoms with van der Waals surface area (Å²) in [7, 11) is 0. The molecule has 2 aliphatic rings. The fourth-order valence-electron chi connectivity index (χ4n) is 2.64. The summed E-state index contributed by atoms with van der Waals surface area (Å²) < 4.78 is 0. The molecule has 0 bridgehead atoms. The lowest BCUT2D eigenvalue weighted by molar-refractivity contribution is -0.134. The molecule has 1 heterocycles. The Bertz CT molecular complexity index is 212. The maximum absolute atomic E-state index is 11.1. The van der Waals surface area contributed by atoms with Gasteiger partial charge in [0, 0.05) is 20.0 Å². The van der Waals surface area contributed by atoms with E-state index < -0.39 is 0 Å². The molecule has 2 rings (SSSR count). The van der Waals surface area contributed by atoms with Crippen LogP contribution in [-0.2, 0) is 4.79 Å². The molecule has 3 nitrogen and oxygen atoms in total. The van der Waals surface area contributed by atoms with Gasteiger partial charge in [0.05, 0.1) is 6.10 Å². The zero-order valence-electron chi connectivity index (χ0n) is 10.1. The summed E-state index contributed by atoms with van der Waals surface area (Å²) in [6.07, 6.45) is 4.02. The van der Waals surface area contributed by atoms with Gasteiger partial charge in [0.15, 0.2) is 0 Å². The third-order valence-corrected chi connectivity index (χ3v) is 3.61. The summed E-state index contributed by atoms with van der Waals surface area (Å²) in [5.74, 6) is 0.190. The summed E-state index contributed by atoms with van der Waals surface area (Å²) in [6.45, 7) is 7.41. The highest BCUT2D eigenvalue weighted by Gasteiger charge is 2.45. The lowest BCUT2D eigenvalue weighted by Crippen LogP contribution is -2.50. The Morgan fingerprint density at radius 1 is 1.27 bits per heavy atom. The molecule has 3 heteroatoms. The molecule has 1 N–H and O–H groups in total. The zero-order valence-corrected chi connectivity index (χ0v) is 10.1. The molecule has 0 aromatic rings. The first-order chi connectivity index (χ1) is 7.11. The maximum atomic E-state index is 11.1. The third kappa shape index (κ3) is 2.71. The van der Waals surface area contributed by atoms with Crippen molar-refractivity contribution in [3.05, 3.63) is 0 Å². The van der Waals surface area contributed by atoms with Crippen molar-refractivity contribution < 1.29 is 9.90 Å². The minimum Gasteiger partial charge on any atom is -0.393 e. The van der Waals surface area contributed by atoms with Crippen LogP contribution in [0.1, 0.15) is 46.5 Å². The molecule has 0 aromatic heterocycles. The summed E-state index contributed by atoms with van der Waals surface area (Å²) in [4.78, 5) is 13.0. The van der Waals surface area contributed by atoms with Crippen LogP contribution in [0.5, 0.6) is 0 Å². The number of aliphatic hydroxyl groups is 1. The highest BCUT2D eigenvalue weighted by Crippen LogP contribution is 2.48. The number of rotatable bonds is 0. The van der Waals surface area contributed by atoms with E-state index in [9.17, 15) is 9.90 Å². The maximum Gasteiger partial charge on any atom is 0.219 e. The largest absolute Gasteiger partial charge is 0.393 e. The van der Waals surface area contributed by atoms with E-state index in [1.54, 1.807) is 6.92 Å². The molecular weight excluding hydrogens is 190 g/mol. The van der Waals surface area contributed by atoms with Gasteiger partial charge in [0.25, 0.3) is 0 Å². The quantitative estimate of drug-likeness (QED) is 0.666. The highest BCUT2D eigenvalue weighted by atomic mass is 16.3. The monoisotopic (exact) mass is 213 g/mol. The van der Waals surface area contributed by atoms with Crippen LogP contribution in [0, 0.1) is 5.41 Å². The van der Waals surface area contributed by atoms with E-state index in [1.807, 2.05) is 18.7 Å². The lowest BCUT2D eigenvalue weighted by Gasteiger charge is -2.50. The van der Waals surface area contributed by atoms with Crippen LogP contribution in [-0.4, -0.2) is 35.1 Å². The SMILES string of the molecule is CC.CC(=O)N1CCC2(CC1)CC(O)C2. The topological polar surface area (TPSA) is 40.5 Å². The second-order valence-corrected chi connectivity index (χ2v) is 4.57. The van der Waals surface area contributed by atoms with Crippen LogP contribution in [0.2, 0.25) is 0 Å². The van der Waals surface area contributed by atoms with Crippen molar-refractivity contribution in [1.82, 2.24) is 4.90 Å². The molecule has 1 amide bonds. The normalized spacial score (nSPS) is 24.1. The van der Waals surface area contributed by atoms with Crippen LogP contribution in [0.3, 0.4) is 0 Å². The predicted octanol–water partition coefficient (Wildman–Crippen LogP) is 1.80. The number of carbonyl (C=O) groups is 1. The Labute approximate surface area is 92.5 Å². The number of aliphatic hydroxyl groups excluding tert-OH is 1. The minimum atomic E-state index is -0.0659. The number of hydrogen-bond donors (Lipinski definition) is 1. The van der Waals surface area contributed by atoms with Gasteiger partial charge in [0.1, 0.15) is 0 Å². The van der Waals surface area contributed by atoms with Crippen LogP contribution in [0.4, 0.5) is 0 Å². The molecule has 0 atom stereocenters. The first kappa shape index (κ1) is 12.5. The summed E-state index contributed by atoms with van der Waals surface area (Å²) in [6, 6.07) is 0. The van der Waals surface area contributed by atoms with E-state index in [0.717, 1.165) is 38.8 Å². The van der Waals surface area contributed by atoms with E-state index in [4.69, 9.17) is 0 Å². The Balaban J connectivity index is 0.000000531. The van der Waals surface area contributed by atoms with E-state index in [0.29, 0.717) is 5.41 Å². The molecule has 2 fully saturated rings. The Hall–Kier alpha value is -0.570. The van der Waals surface area contributed by atoms with Gasteiger partial charge in [-0.1, -0.05) is 13.8 Å². The lowest BCUT2D eigenvalue weighted by atomic mass is 9.61. The van der Waals surface area contributed by atoms with Gasteiger partial charge < -0.3 is 10.0 Å². The first-order valence-corrected chi connectivity index (χ1v) is 6.05. The fraction of sp³-hybridized carbons (Fsp3) is 0.917. The van der Waals surface area contributed by atoms with Crippen LogP contribution in [0.15, 0.2) is 0 Å². The number of nitrogens with zero attached hydrogens (tertiary/aromatic N) is 1. The van der Waals surface area contributed by atoms with Crippen molar-refractivity contribution in [3.8, 4) is 0 Å². The molecule has 15 heavy (non-hydrogen) atoms. The van der Waals surface area contributed by atoms with Crippen molar-refractivity contribution in [3.63, 3.8) is 0 Å². The summed E-state index contributed by atoms with van der Waals surface area (Å²) >= 11 is 0. The molecule has 1 saturated heterocycles. The van der Waals surface area contributed by atoms with Crippen molar-refractivity contribution in [2.24, 2.45) is 5.41 Å². The number of likely N-dealkylation sites (tertiary alicyclic amines) is 1. The molecule has 0 aromatic carbocycles. The molecule has 1 spiro atoms. The third-order valence-electron chi connectivity index (χ3n) is 3.61. The van der Waals surface area contributed by atoms with Gasteiger partial charge in [-0.15, -0.1) is 0 Å². The van der Waals surface area contributed by atoms with Crippen LogP contribution >= 0.6 is 0 Å². The van der Waals surface area contributed by atoms with Gasteiger partial charge in [0.2, 0.25) is 5.91 Å². The molecule has 1 aliphatic carbocycles. The average Bonchev–Trinajstić information content (AvgIpc) is 2.19. The Morgan fingerprint density at radius 2 is 1.73 bits per heavy atom. The Morgan fingerprint density at radius 3 is 2.07 bits per heavy atom. The molecular formula is C12H23NO2. The van der Waals surface area contributed by atoms with Gasteiger partial charge in [-0.05, 0) is 31.1 Å². The van der Waals surface area contributed by atoms with Crippen LogP contribution < -0.4 is 0 Å². The van der Waals surface area contributed by atoms with Gasteiger partial charge in [-0.3, -0.25) is 4.79 Å². The standard InChI is InChI=1S/C10H17NO2.C2H6/c1-8(12)11-4-2-10(3-5-11)6-9(13)7-10;1-2/h9,13H,2-7H2,1H3;1-2H3. The highest BCUT2D eigenvalue weighted by molar-refractivity contribution is 5.73. The summed E-state index contributed by atoms with van der Waals surface area (Å²) in [5.41, 5.74) is 0.394. The molecule has 1 saturated carbocycles. The Kier molecular flexibility index (Phi) is 4.14. The van der Waals surface area contributed by atoms with E-state index in [-0.39, 0.29) is 12.0 Å². The first-order valence-electron chi connectivity index (χ1n) is 6.05. The van der Waals surface area contributed by atoms with Gasteiger partial charge in [-0.2, -0.15) is 0 Å². The number of hydrogen-bond acceptors (Lipinski definition) is 2. The van der Waals surface area contributed by atoms with Gasteiger partial charge >= 0.3 is 0 Å². The van der Waals surface area contributed by atoms with Crippen LogP contribution in [0.25, 0.3) is 0 Å². The van der Waals surface area contributed by atoms with Crippen molar-refractivity contribution >= 4 is 5.91 Å².